The predicted octanol–water partition coefficient (Wildman–Crippen LogP) is 3.24. The summed E-state index contributed by atoms with van der Waals surface area (Å²) in [6, 6.07) is 16.2. The van der Waals surface area contributed by atoms with E-state index >= 15 is 0 Å². The summed E-state index contributed by atoms with van der Waals surface area (Å²) in [5.41, 5.74) is 1.05. The van der Waals surface area contributed by atoms with Gasteiger partial charge >= 0.3 is 5.97 Å². The van der Waals surface area contributed by atoms with Gasteiger partial charge in [-0.25, -0.2) is 14.9 Å². The number of aromatic nitrogens is 3. The Morgan fingerprint density at radius 2 is 1.78 bits per heavy atom. The van der Waals surface area contributed by atoms with Gasteiger partial charge in [-0.1, -0.05) is 36.4 Å². The van der Waals surface area contributed by atoms with Gasteiger partial charge in [-0.15, -0.1) is 0 Å². The zero-order valence-electron chi connectivity index (χ0n) is 14.4. The van der Waals surface area contributed by atoms with Crippen LogP contribution in [0.15, 0.2) is 63.8 Å². The first-order valence-corrected chi connectivity index (χ1v) is 8.30. The summed E-state index contributed by atoms with van der Waals surface area (Å²) in [6.07, 6.45) is 0. The van der Waals surface area contributed by atoms with E-state index in [2.05, 4.69) is 15.2 Å². The smallest absolute Gasteiger partial charge is 0.359 e. The highest BCUT2D eigenvalue weighted by Crippen LogP contribution is 2.22. The maximum atomic E-state index is 12.5. The molecule has 0 bridgehead atoms. The number of hydrogen-bond donors (Lipinski definition) is 1. The van der Waals surface area contributed by atoms with Crippen molar-refractivity contribution < 1.29 is 13.9 Å². The first-order valence-electron chi connectivity index (χ1n) is 8.30. The summed E-state index contributed by atoms with van der Waals surface area (Å²) in [4.78, 5) is 28.7. The molecule has 4 aromatic rings. The SMILES string of the molecule is Cc1oc(-c2ccccc2)nc1COC(=O)c1n[nH]c(=O)c2ccccc12. The van der Waals surface area contributed by atoms with Crippen molar-refractivity contribution in [3.8, 4) is 11.5 Å². The normalized spacial score (nSPS) is 10.9. The van der Waals surface area contributed by atoms with Crippen molar-refractivity contribution in [3.05, 3.63) is 82.1 Å². The molecular formula is C20H15N3O4. The highest BCUT2D eigenvalue weighted by Gasteiger charge is 2.18. The summed E-state index contributed by atoms with van der Waals surface area (Å²) in [5, 5.41) is 6.97. The van der Waals surface area contributed by atoms with Crippen LogP contribution in [0.4, 0.5) is 0 Å². The molecule has 134 valence electrons. The van der Waals surface area contributed by atoms with Gasteiger partial charge in [-0.2, -0.15) is 5.10 Å². The van der Waals surface area contributed by atoms with E-state index in [1.807, 2.05) is 30.3 Å². The number of aryl methyl sites for hydroxylation is 1. The molecule has 0 aliphatic carbocycles. The molecule has 0 unspecified atom stereocenters. The number of carbonyl (C=O) groups excluding carboxylic acids is 1. The van der Waals surface area contributed by atoms with E-state index in [4.69, 9.17) is 9.15 Å². The fourth-order valence-electron chi connectivity index (χ4n) is 2.74. The van der Waals surface area contributed by atoms with Gasteiger partial charge in [0.2, 0.25) is 5.89 Å². The van der Waals surface area contributed by atoms with Crippen molar-refractivity contribution in [2.45, 2.75) is 13.5 Å². The number of esters is 1. The zero-order valence-corrected chi connectivity index (χ0v) is 14.4. The van der Waals surface area contributed by atoms with E-state index < -0.39 is 5.97 Å². The third-order valence-electron chi connectivity index (χ3n) is 4.14. The van der Waals surface area contributed by atoms with Gasteiger partial charge in [-0.3, -0.25) is 4.79 Å². The summed E-state index contributed by atoms with van der Waals surface area (Å²) in [5.74, 6) is 0.388. The van der Waals surface area contributed by atoms with Crippen LogP contribution in [-0.2, 0) is 11.3 Å². The second-order valence-electron chi connectivity index (χ2n) is 5.91. The number of H-pyrrole nitrogens is 1. The Kier molecular flexibility index (Phi) is 4.25. The van der Waals surface area contributed by atoms with E-state index in [9.17, 15) is 9.59 Å². The number of carbonyl (C=O) groups is 1. The van der Waals surface area contributed by atoms with Crippen LogP contribution in [0.25, 0.3) is 22.2 Å². The second-order valence-corrected chi connectivity index (χ2v) is 5.91. The maximum Gasteiger partial charge on any atom is 0.359 e. The number of ether oxygens (including phenoxy) is 1. The molecular weight excluding hydrogens is 346 g/mol. The van der Waals surface area contributed by atoms with Crippen LogP contribution in [0.3, 0.4) is 0 Å². The van der Waals surface area contributed by atoms with E-state index in [0.29, 0.717) is 28.1 Å². The lowest BCUT2D eigenvalue weighted by atomic mass is 10.1. The fourth-order valence-corrected chi connectivity index (χ4v) is 2.74. The van der Waals surface area contributed by atoms with Crippen molar-refractivity contribution in [3.63, 3.8) is 0 Å². The predicted molar refractivity (Wildman–Crippen MR) is 98.2 cm³/mol. The summed E-state index contributed by atoms with van der Waals surface area (Å²) < 4.78 is 11.0. The van der Waals surface area contributed by atoms with Crippen LogP contribution in [0.5, 0.6) is 0 Å². The highest BCUT2D eigenvalue weighted by molar-refractivity contribution is 6.01. The van der Waals surface area contributed by atoms with Gasteiger partial charge in [-0.05, 0) is 25.1 Å². The van der Waals surface area contributed by atoms with Crippen LogP contribution in [0.2, 0.25) is 0 Å². The average molecular weight is 361 g/mol. The van der Waals surface area contributed by atoms with Crippen LogP contribution in [0.1, 0.15) is 21.9 Å². The Labute approximate surface area is 153 Å². The van der Waals surface area contributed by atoms with Crippen LogP contribution >= 0.6 is 0 Å². The van der Waals surface area contributed by atoms with Gasteiger partial charge in [0, 0.05) is 10.9 Å². The quantitative estimate of drug-likeness (QED) is 0.560. The van der Waals surface area contributed by atoms with Crippen molar-refractivity contribution >= 4 is 16.7 Å². The molecule has 0 saturated heterocycles. The van der Waals surface area contributed by atoms with Crippen LogP contribution in [0, 0.1) is 6.92 Å². The van der Waals surface area contributed by atoms with E-state index in [-0.39, 0.29) is 17.9 Å². The average Bonchev–Trinajstić information content (AvgIpc) is 3.08. The van der Waals surface area contributed by atoms with E-state index in [1.54, 1.807) is 31.2 Å². The lowest BCUT2D eigenvalue weighted by Crippen LogP contribution is -2.16. The number of nitrogens with zero attached hydrogens (tertiary/aromatic N) is 2. The van der Waals surface area contributed by atoms with Crippen molar-refractivity contribution in [2.24, 2.45) is 0 Å². The number of rotatable bonds is 4. The van der Waals surface area contributed by atoms with E-state index in [1.165, 1.54) is 0 Å². The molecule has 2 heterocycles. The van der Waals surface area contributed by atoms with E-state index in [0.717, 1.165) is 5.56 Å². The standard InChI is InChI=1S/C20H15N3O4/c1-12-16(21-19(27-12)13-7-3-2-4-8-13)11-26-20(25)17-14-9-5-6-10-15(14)18(24)23-22-17/h2-10H,11H2,1H3,(H,23,24). The number of benzene rings is 2. The monoisotopic (exact) mass is 361 g/mol. The molecule has 0 amide bonds. The molecule has 1 N–H and O–H groups in total. The molecule has 0 aliphatic rings. The lowest BCUT2D eigenvalue weighted by molar-refractivity contribution is 0.0461. The maximum absolute atomic E-state index is 12.5. The Hall–Kier alpha value is -3.74. The Morgan fingerprint density at radius 1 is 1.07 bits per heavy atom. The third-order valence-corrected chi connectivity index (χ3v) is 4.14. The first kappa shape index (κ1) is 16.7. The summed E-state index contributed by atoms with van der Waals surface area (Å²) in [6.45, 7) is 1.70. The topological polar surface area (TPSA) is 98.1 Å². The molecule has 4 rings (SSSR count). The fraction of sp³-hybridized carbons (Fsp3) is 0.100. The Balaban J connectivity index is 1.56. The van der Waals surface area contributed by atoms with Gasteiger partial charge in [0.15, 0.2) is 5.69 Å². The summed E-state index contributed by atoms with van der Waals surface area (Å²) in [7, 11) is 0. The van der Waals surface area contributed by atoms with Gasteiger partial charge < -0.3 is 9.15 Å². The molecule has 0 saturated carbocycles. The van der Waals surface area contributed by atoms with Crippen molar-refractivity contribution in [2.75, 3.05) is 0 Å². The summed E-state index contributed by atoms with van der Waals surface area (Å²) >= 11 is 0. The van der Waals surface area contributed by atoms with Gasteiger partial charge in [0.05, 0.1) is 5.39 Å². The number of hydrogen-bond acceptors (Lipinski definition) is 6. The first-order chi connectivity index (χ1) is 13.1. The third kappa shape index (κ3) is 3.22. The number of oxazole rings is 1. The molecule has 0 fully saturated rings. The number of fused-ring (bicyclic) bond motifs is 1. The van der Waals surface area contributed by atoms with Crippen molar-refractivity contribution in [1.29, 1.82) is 0 Å². The molecule has 7 heteroatoms. The molecule has 7 nitrogen and oxygen atoms in total. The molecule has 2 aromatic heterocycles. The minimum Gasteiger partial charge on any atom is -0.454 e. The molecule has 0 radical (unpaired) electrons. The zero-order chi connectivity index (χ0) is 18.8. The molecule has 2 aromatic carbocycles. The molecule has 27 heavy (non-hydrogen) atoms. The molecule has 0 spiro atoms. The highest BCUT2D eigenvalue weighted by atomic mass is 16.5. The van der Waals surface area contributed by atoms with Gasteiger partial charge in [0.25, 0.3) is 5.56 Å². The largest absolute Gasteiger partial charge is 0.454 e. The molecule has 0 aliphatic heterocycles. The number of nitrogens with one attached hydrogen (secondary N) is 1. The molecule has 0 atom stereocenters. The lowest BCUT2D eigenvalue weighted by Gasteiger charge is -2.05. The van der Waals surface area contributed by atoms with Crippen molar-refractivity contribution in [1.82, 2.24) is 15.2 Å². The Morgan fingerprint density at radius 3 is 2.56 bits per heavy atom. The Bertz CT molecular complexity index is 1180. The van der Waals surface area contributed by atoms with Gasteiger partial charge in [0.1, 0.15) is 18.1 Å². The van der Waals surface area contributed by atoms with Crippen LogP contribution in [-0.4, -0.2) is 21.2 Å². The minimum atomic E-state index is -0.647. The second kappa shape index (κ2) is 6.87. The minimum absolute atomic E-state index is 0.0506. The van der Waals surface area contributed by atoms with Crippen LogP contribution < -0.4 is 5.56 Å². The number of aromatic amines is 1.